The molecule has 2 rings (SSSR count). The third-order valence-corrected chi connectivity index (χ3v) is 3.21. The topological polar surface area (TPSA) is 37.8 Å². The van der Waals surface area contributed by atoms with Crippen LogP contribution in [0.3, 0.4) is 0 Å². The van der Waals surface area contributed by atoms with Gasteiger partial charge in [0, 0.05) is 18.0 Å². The number of rotatable bonds is 4. The summed E-state index contributed by atoms with van der Waals surface area (Å²) in [6, 6.07) is 4.96. The van der Waals surface area contributed by atoms with Crippen molar-refractivity contribution < 1.29 is 4.39 Å². The molecule has 0 amide bonds. The number of halogens is 2. The Morgan fingerprint density at radius 2 is 2.00 bits per heavy atom. The zero-order valence-corrected chi connectivity index (χ0v) is 11.5. The van der Waals surface area contributed by atoms with Gasteiger partial charge in [-0.2, -0.15) is 0 Å². The van der Waals surface area contributed by atoms with Crippen LogP contribution in [0.5, 0.6) is 0 Å². The second-order valence-electron chi connectivity index (χ2n) is 3.84. The van der Waals surface area contributed by atoms with Gasteiger partial charge in [0.1, 0.15) is 12.1 Å². The van der Waals surface area contributed by atoms with Gasteiger partial charge in [0.2, 0.25) is 0 Å². The molecule has 1 aromatic carbocycles. The Bertz CT molecular complexity index is 519. The standard InChI is InChI=1S/C13H13BrFN3/c1-2-18-13(10-6-16-8-17-7-10)9-3-4-12(15)11(14)5-9/h3-8,13,18H,2H2,1H3. The number of benzene rings is 1. The normalized spacial score (nSPS) is 12.4. The van der Waals surface area contributed by atoms with E-state index in [1.807, 2.05) is 6.92 Å². The summed E-state index contributed by atoms with van der Waals surface area (Å²) in [4.78, 5) is 8.03. The van der Waals surface area contributed by atoms with Gasteiger partial charge in [-0.1, -0.05) is 13.0 Å². The molecule has 0 saturated heterocycles. The molecular weight excluding hydrogens is 297 g/mol. The maximum absolute atomic E-state index is 13.3. The predicted molar refractivity (Wildman–Crippen MR) is 71.7 cm³/mol. The van der Waals surface area contributed by atoms with E-state index in [0.717, 1.165) is 17.7 Å². The molecule has 18 heavy (non-hydrogen) atoms. The monoisotopic (exact) mass is 309 g/mol. The molecule has 0 radical (unpaired) electrons. The van der Waals surface area contributed by atoms with Crippen molar-refractivity contribution in [3.05, 3.63) is 58.3 Å². The molecule has 0 aliphatic rings. The molecule has 0 saturated carbocycles. The Labute approximate surface area is 114 Å². The minimum Gasteiger partial charge on any atom is -0.306 e. The van der Waals surface area contributed by atoms with Crippen molar-refractivity contribution in [3.63, 3.8) is 0 Å². The lowest BCUT2D eigenvalue weighted by Gasteiger charge is -2.18. The van der Waals surface area contributed by atoms with E-state index < -0.39 is 0 Å². The predicted octanol–water partition coefficient (Wildman–Crippen LogP) is 3.08. The van der Waals surface area contributed by atoms with Gasteiger partial charge in [0.15, 0.2) is 0 Å². The summed E-state index contributed by atoms with van der Waals surface area (Å²) in [5.74, 6) is -0.265. The smallest absolute Gasteiger partial charge is 0.137 e. The number of aromatic nitrogens is 2. The van der Waals surface area contributed by atoms with Crippen LogP contribution < -0.4 is 5.32 Å². The van der Waals surface area contributed by atoms with Crippen molar-refractivity contribution in [3.8, 4) is 0 Å². The first kappa shape index (κ1) is 13.1. The second-order valence-corrected chi connectivity index (χ2v) is 4.69. The van der Waals surface area contributed by atoms with Gasteiger partial charge in [-0.05, 0) is 40.2 Å². The molecule has 0 spiro atoms. The molecule has 0 bridgehead atoms. The van der Waals surface area contributed by atoms with Crippen LogP contribution >= 0.6 is 15.9 Å². The molecule has 1 atom stereocenters. The summed E-state index contributed by atoms with van der Waals surface area (Å²) >= 11 is 3.20. The highest BCUT2D eigenvalue weighted by Gasteiger charge is 2.14. The molecule has 1 unspecified atom stereocenters. The number of nitrogens with one attached hydrogen (secondary N) is 1. The van der Waals surface area contributed by atoms with E-state index in [4.69, 9.17) is 0 Å². The molecule has 3 nitrogen and oxygen atoms in total. The highest BCUT2D eigenvalue weighted by molar-refractivity contribution is 9.10. The quantitative estimate of drug-likeness (QED) is 0.943. The lowest BCUT2D eigenvalue weighted by atomic mass is 10.0. The lowest BCUT2D eigenvalue weighted by molar-refractivity contribution is 0.607. The van der Waals surface area contributed by atoms with E-state index in [1.165, 1.54) is 12.4 Å². The first-order chi connectivity index (χ1) is 8.72. The summed E-state index contributed by atoms with van der Waals surface area (Å²) in [7, 11) is 0. The van der Waals surface area contributed by atoms with Gasteiger partial charge in [-0.25, -0.2) is 14.4 Å². The summed E-state index contributed by atoms with van der Waals surface area (Å²) in [6.07, 6.45) is 5.02. The molecule has 2 aromatic rings. The fourth-order valence-electron chi connectivity index (χ4n) is 1.78. The Kier molecular flexibility index (Phi) is 4.38. The molecule has 1 heterocycles. The summed E-state index contributed by atoms with van der Waals surface area (Å²) in [5.41, 5.74) is 1.93. The molecule has 1 aromatic heterocycles. The van der Waals surface area contributed by atoms with Crippen LogP contribution in [0, 0.1) is 5.82 Å². The van der Waals surface area contributed by atoms with Crippen molar-refractivity contribution in [2.45, 2.75) is 13.0 Å². The number of hydrogen-bond donors (Lipinski definition) is 1. The average Bonchev–Trinajstić information content (AvgIpc) is 2.40. The van der Waals surface area contributed by atoms with Crippen molar-refractivity contribution in [2.75, 3.05) is 6.54 Å². The fourth-order valence-corrected chi connectivity index (χ4v) is 2.18. The molecular formula is C13H13BrFN3. The van der Waals surface area contributed by atoms with Crippen LogP contribution in [0.15, 0.2) is 41.4 Å². The largest absolute Gasteiger partial charge is 0.306 e. The van der Waals surface area contributed by atoms with E-state index in [9.17, 15) is 4.39 Å². The van der Waals surface area contributed by atoms with E-state index in [0.29, 0.717) is 4.47 Å². The maximum atomic E-state index is 13.3. The third kappa shape index (κ3) is 2.91. The Hall–Kier alpha value is -1.33. The van der Waals surface area contributed by atoms with Crippen molar-refractivity contribution in [2.24, 2.45) is 0 Å². The first-order valence-electron chi connectivity index (χ1n) is 5.65. The van der Waals surface area contributed by atoms with Gasteiger partial charge < -0.3 is 5.32 Å². The second kappa shape index (κ2) is 6.02. The number of nitrogens with zero attached hydrogens (tertiary/aromatic N) is 2. The van der Waals surface area contributed by atoms with Crippen LogP contribution in [0.1, 0.15) is 24.1 Å². The fraction of sp³-hybridized carbons (Fsp3) is 0.231. The molecule has 1 N–H and O–H groups in total. The molecule has 94 valence electrons. The molecule has 5 heteroatoms. The minimum absolute atomic E-state index is 0.0342. The van der Waals surface area contributed by atoms with Gasteiger partial charge in [-0.15, -0.1) is 0 Å². The average molecular weight is 310 g/mol. The first-order valence-corrected chi connectivity index (χ1v) is 6.45. The van der Waals surface area contributed by atoms with Crippen molar-refractivity contribution >= 4 is 15.9 Å². The molecule has 0 fully saturated rings. The third-order valence-electron chi connectivity index (χ3n) is 2.60. The highest BCUT2D eigenvalue weighted by atomic mass is 79.9. The lowest BCUT2D eigenvalue weighted by Crippen LogP contribution is -2.22. The zero-order valence-electron chi connectivity index (χ0n) is 9.90. The Morgan fingerprint density at radius 3 is 2.61 bits per heavy atom. The van der Waals surface area contributed by atoms with E-state index in [-0.39, 0.29) is 11.9 Å². The van der Waals surface area contributed by atoms with Crippen LogP contribution in [-0.4, -0.2) is 16.5 Å². The zero-order chi connectivity index (χ0) is 13.0. The minimum atomic E-state index is -0.265. The van der Waals surface area contributed by atoms with Gasteiger partial charge >= 0.3 is 0 Å². The van der Waals surface area contributed by atoms with Crippen molar-refractivity contribution in [1.82, 2.24) is 15.3 Å². The van der Waals surface area contributed by atoms with Gasteiger partial charge in [0.05, 0.1) is 10.5 Å². The van der Waals surface area contributed by atoms with Crippen LogP contribution in [0.2, 0.25) is 0 Å². The number of hydrogen-bond acceptors (Lipinski definition) is 3. The van der Waals surface area contributed by atoms with Crippen LogP contribution in [-0.2, 0) is 0 Å². The van der Waals surface area contributed by atoms with Crippen molar-refractivity contribution in [1.29, 1.82) is 0 Å². The summed E-state index contributed by atoms with van der Waals surface area (Å²) < 4.78 is 13.7. The highest BCUT2D eigenvalue weighted by Crippen LogP contribution is 2.25. The van der Waals surface area contributed by atoms with Gasteiger partial charge in [-0.3, -0.25) is 0 Å². The maximum Gasteiger partial charge on any atom is 0.137 e. The van der Waals surface area contributed by atoms with Crippen LogP contribution in [0.4, 0.5) is 4.39 Å². The van der Waals surface area contributed by atoms with E-state index in [2.05, 4.69) is 31.2 Å². The Balaban J connectivity index is 2.38. The summed E-state index contributed by atoms with van der Waals surface area (Å²) in [6.45, 7) is 2.82. The van der Waals surface area contributed by atoms with Gasteiger partial charge in [0.25, 0.3) is 0 Å². The SMILES string of the molecule is CCNC(c1cncnc1)c1ccc(F)c(Br)c1. The van der Waals surface area contributed by atoms with Crippen LogP contribution in [0.25, 0.3) is 0 Å². The Morgan fingerprint density at radius 1 is 1.28 bits per heavy atom. The summed E-state index contributed by atoms with van der Waals surface area (Å²) in [5, 5.41) is 3.34. The van der Waals surface area contributed by atoms with E-state index >= 15 is 0 Å². The molecule has 0 aliphatic carbocycles. The van der Waals surface area contributed by atoms with E-state index in [1.54, 1.807) is 24.5 Å². The molecule has 0 aliphatic heterocycles.